The molecule has 2 amide bonds. The van der Waals surface area contributed by atoms with Gasteiger partial charge in [0.05, 0.1) is 12.0 Å². The molecule has 0 radical (unpaired) electrons. The van der Waals surface area contributed by atoms with E-state index < -0.39 is 11.9 Å². The van der Waals surface area contributed by atoms with Crippen LogP contribution in [0.25, 0.3) is 0 Å². The topological polar surface area (TPSA) is 70.1 Å². The highest BCUT2D eigenvalue weighted by atomic mass is 16.5. The van der Waals surface area contributed by atoms with Crippen LogP contribution in [-0.2, 0) is 9.53 Å². The number of carbonyl (C=O) groups is 2. The molecule has 1 aliphatic heterocycles. The standard InChI is InChI=1S/C14H26N2O4/c1-4-15(10-11(3)13(17)18)14(19)16-8-6-12(7-9-16)20-5-2/h11-12H,4-10H2,1-3H3,(H,17,18). The number of aliphatic carboxylic acids is 1. The Morgan fingerprint density at radius 3 is 2.40 bits per heavy atom. The highest BCUT2D eigenvalue weighted by Gasteiger charge is 2.27. The second-order valence-electron chi connectivity index (χ2n) is 5.20. The third-order valence-corrected chi connectivity index (χ3v) is 3.68. The van der Waals surface area contributed by atoms with E-state index in [4.69, 9.17) is 9.84 Å². The first-order valence-corrected chi connectivity index (χ1v) is 7.37. The van der Waals surface area contributed by atoms with Crippen LogP contribution in [0.4, 0.5) is 4.79 Å². The number of hydrogen-bond acceptors (Lipinski definition) is 3. The fraction of sp³-hybridized carbons (Fsp3) is 0.857. The molecule has 1 rings (SSSR count). The molecule has 1 unspecified atom stereocenters. The van der Waals surface area contributed by atoms with Gasteiger partial charge in [-0.25, -0.2) is 4.79 Å². The van der Waals surface area contributed by atoms with E-state index in [0.717, 1.165) is 12.8 Å². The molecule has 0 bridgehead atoms. The quantitative estimate of drug-likeness (QED) is 0.806. The SMILES string of the molecule is CCOC1CCN(C(=O)N(CC)CC(C)C(=O)O)CC1. The molecular weight excluding hydrogens is 260 g/mol. The van der Waals surface area contributed by atoms with Gasteiger partial charge in [0.15, 0.2) is 0 Å². The Morgan fingerprint density at radius 1 is 1.35 bits per heavy atom. The van der Waals surface area contributed by atoms with Gasteiger partial charge in [0.25, 0.3) is 0 Å². The lowest BCUT2D eigenvalue weighted by molar-refractivity contribution is -0.141. The lowest BCUT2D eigenvalue weighted by Gasteiger charge is -2.35. The minimum atomic E-state index is -0.869. The van der Waals surface area contributed by atoms with Gasteiger partial charge in [0.2, 0.25) is 0 Å². The van der Waals surface area contributed by atoms with E-state index in [-0.39, 0.29) is 18.7 Å². The maximum Gasteiger partial charge on any atom is 0.320 e. The Labute approximate surface area is 120 Å². The van der Waals surface area contributed by atoms with Crippen molar-refractivity contribution in [3.05, 3.63) is 0 Å². The van der Waals surface area contributed by atoms with Gasteiger partial charge in [-0.1, -0.05) is 6.92 Å². The Morgan fingerprint density at radius 2 is 1.95 bits per heavy atom. The summed E-state index contributed by atoms with van der Waals surface area (Å²) in [6.07, 6.45) is 1.95. The maximum absolute atomic E-state index is 12.4. The summed E-state index contributed by atoms with van der Waals surface area (Å²) in [5.74, 6) is -1.41. The van der Waals surface area contributed by atoms with Crippen LogP contribution in [0.2, 0.25) is 0 Å². The molecule has 1 aliphatic rings. The molecule has 116 valence electrons. The van der Waals surface area contributed by atoms with E-state index >= 15 is 0 Å². The Kier molecular flexibility index (Phi) is 6.78. The van der Waals surface area contributed by atoms with E-state index in [9.17, 15) is 9.59 Å². The average molecular weight is 286 g/mol. The summed E-state index contributed by atoms with van der Waals surface area (Å²) >= 11 is 0. The highest BCUT2D eigenvalue weighted by Crippen LogP contribution is 2.16. The number of ether oxygens (including phenoxy) is 1. The molecule has 1 saturated heterocycles. The van der Waals surface area contributed by atoms with Crippen molar-refractivity contribution in [3.63, 3.8) is 0 Å². The summed E-state index contributed by atoms with van der Waals surface area (Å²) < 4.78 is 5.56. The molecule has 1 atom stereocenters. The highest BCUT2D eigenvalue weighted by molar-refractivity contribution is 5.76. The number of likely N-dealkylation sites (tertiary alicyclic amines) is 1. The van der Waals surface area contributed by atoms with E-state index in [1.54, 1.807) is 16.7 Å². The third-order valence-electron chi connectivity index (χ3n) is 3.68. The minimum absolute atomic E-state index is 0.0597. The summed E-state index contributed by atoms with van der Waals surface area (Å²) in [6, 6.07) is -0.0597. The normalized spacial score (nSPS) is 17.9. The smallest absolute Gasteiger partial charge is 0.320 e. The number of amides is 2. The number of carboxylic acid groups (broad SMARTS) is 1. The first kappa shape index (κ1) is 16.8. The average Bonchev–Trinajstić information content (AvgIpc) is 2.44. The molecular formula is C14H26N2O4. The summed E-state index contributed by atoms with van der Waals surface area (Å²) in [6.45, 7) is 8.33. The van der Waals surface area contributed by atoms with Crippen molar-refractivity contribution in [1.82, 2.24) is 9.80 Å². The predicted molar refractivity (Wildman–Crippen MR) is 75.7 cm³/mol. The Balaban J connectivity index is 2.49. The van der Waals surface area contributed by atoms with E-state index in [2.05, 4.69) is 0 Å². The van der Waals surface area contributed by atoms with Crippen molar-refractivity contribution in [1.29, 1.82) is 0 Å². The fourth-order valence-corrected chi connectivity index (χ4v) is 2.40. The van der Waals surface area contributed by atoms with Gasteiger partial charge >= 0.3 is 12.0 Å². The second-order valence-corrected chi connectivity index (χ2v) is 5.20. The third kappa shape index (κ3) is 4.67. The van der Waals surface area contributed by atoms with E-state index in [1.807, 2.05) is 13.8 Å². The van der Waals surface area contributed by atoms with Gasteiger partial charge in [0.1, 0.15) is 0 Å². The molecule has 0 spiro atoms. The zero-order valence-electron chi connectivity index (χ0n) is 12.7. The number of rotatable bonds is 6. The van der Waals surface area contributed by atoms with Crippen LogP contribution < -0.4 is 0 Å². The van der Waals surface area contributed by atoms with Crippen molar-refractivity contribution in [2.45, 2.75) is 39.7 Å². The molecule has 0 aromatic rings. The lowest BCUT2D eigenvalue weighted by Crippen LogP contribution is -2.49. The zero-order chi connectivity index (χ0) is 15.1. The molecule has 1 N–H and O–H groups in total. The van der Waals surface area contributed by atoms with Gasteiger partial charge in [0, 0.05) is 32.8 Å². The number of carboxylic acids is 1. The molecule has 1 heterocycles. The molecule has 0 aliphatic carbocycles. The molecule has 0 aromatic carbocycles. The largest absolute Gasteiger partial charge is 0.481 e. The van der Waals surface area contributed by atoms with Gasteiger partial charge in [-0.3, -0.25) is 4.79 Å². The lowest BCUT2D eigenvalue weighted by atomic mass is 10.1. The van der Waals surface area contributed by atoms with Crippen molar-refractivity contribution in [3.8, 4) is 0 Å². The Bertz CT molecular complexity index is 327. The molecule has 0 saturated carbocycles. The molecule has 6 heteroatoms. The van der Waals surface area contributed by atoms with Crippen LogP contribution in [0, 0.1) is 5.92 Å². The minimum Gasteiger partial charge on any atom is -0.481 e. The summed E-state index contributed by atoms with van der Waals surface area (Å²) in [4.78, 5) is 26.7. The summed E-state index contributed by atoms with van der Waals surface area (Å²) in [7, 11) is 0. The van der Waals surface area contributed by atoms with Gasteiger partial charge in [-0.05, 0) is 26.7 Å². The monoisotopic (exact) mass is 286 g/mol. The number of nitrogens with zero attached hydrogens (tertiary/aromatic N) is 2. The summed E-state index contributed by atoms with van der Waals surface area (Å²) in [5, 5.41) is 8.94. The fourth-order valence-electron chi connectivity index (χ4n) is 2.40. The Hall–Kier alpha value is -1.30. The van der Waals surface area contributed by atoms with Gasteiger partial charge in [-0.15, -0.1) is 0 Å². The zero-order valence-corrected chi connectivity index (χ0v) is 12.7. The van der Waals surface area contributed by atoms with Crippen molar-refractivity contribution in [2.24, 2.45) is 5.92 Å². The first-order valence-electron chi connectivity index (χ1n) is 7.37. The number of piperidine rings is 1. The second kappa shape index (κ2) is 8.09. The van der Waals surface area contributed by atoms with Crippen LogP contribution in [-0.4, -0.2) is 65.8 Å². The van der Waals surface area contributed by atoms with E-state index in [0.29, 0.717) is 26.2 Å². The van der Waals surface area contributed by atoms with Crippen LogP contribution in [0.3, 0.4) is 0 Å². The van der Waals surface area contributed by atoms with Crippen LogP contribution in [0.1, 0.15) is 33.6 Å². The number of carbonyl (C=O) groups excluding carboxylic acids is 1. The first-order chi connectivity index (χ1) is 9.49. The van der Waals surface area contributed by atoms with E-state index in [1.165, 1.54) is 0 Å². The molecule has 0 aromatic heterocycles. The van der Waals surface area contributed by atoms with Crippen LogP contribution >= 0.6 is 0 Å². The van der Waals surface area contributed by atoms with Crippen molar-refractivity contribution in [2.75, 3.05) is 32.8 Å². The van der Waals surface area contributed by atoms with Crippen molar-refractivity contribution < 1.29 is 19.4 Å². The van der Waals surface area contributed by atoms with Gasteiger partial charge in [-0.2, -0.15) is 0 Å². The molecule has 20 heavy (non-hydrogen) atoms. The van der Waals surface area contributed by atoms with Crippen LogP contribution in [0.5, 0.6) is 0 Å². The maximum atomic E-state index is 12.4. The van der Waals surface area contributed by atoms with Gasteiger partial charge < -0.3 is 19.6 Å². The predicted octanol–water partition coefficient (Wildman–Crippen LogP) is 1.65. The van der Waals surface area contributed by atoms with Crippen molar-refractivity contribution >= 4 is 12.0 Å². The van der Waals surface area contributed by atoms with Crippen LogP contribution in [0.15, 0.2) is 0 Å². The number of urea groups is 1. The summed E-state index contributed by atoms with van der Waals surface area (Å²) in [5.41, 5.74) is 0. The molecule has 1 fully saturated rings. The number of hydrogen-bond donors (Lipinski definition) is 1. The molecule has 6 nitrogen and oxygen atoms in total.